The number of sulfonamides is 1. The first-order chi connectivity index (χ1) is 12.7. The predicted molar refractivity (Wildman–Crippen MR) is 112 cm³/mol. The van der Waals surface area contributed by atoms with E-state index in [4.69, 9.17) is 0 Å². The van der Waals surface area contributed by atoms with E-state index < -0.39 is 10.0 Å². The second kappa shape index (κ2) is 8.06. The molecule has 0 spiro atoms. The molecule has 1 aromatic carbocycles. The topological polar surface area (TPSA) is 80.2 Å². The summed E-state index contributed by atoms with van der Waals surface area (Å²) in [7, 11) is -3.39. The fourth-order valence-corrected chi connectivity index (χ4v) is 4.64. The van der Waals surface area contributed by atoms with E-state index in [1.807, 2.05) is 19.2 Å². The van der Waals surface area contributed by atoms with E-state index in [9.17, 15) is 13.2 Å². The standard InChI is InChI=1S/C19H24BrN3O3S/c1-13-8-14(12-23(13)18-6-4-3-5-7-18)19(24)21-16-9-15(20)10-17(11-16)22-27(2,25)26/h8-12,18,22H,3-7H2,1-2H3,(H,21,24). The van der Waals surface area contributed by atoms with Gasteiger partial charge >= 0.3 is 0 Å². The summed E-state index contributed by atoms with van der Waals surface area (Å²) in [6.07, 6.45) is 9.08. The highest BCUT2D eigenvalue weighted by Gasteiger charge is 2.19. The van der Waals surface area contributed by atoms with Gasteiger partial charge in [0.2, 0.25) is 10.0 Å². The second-order valence-electron chi connectivity index (χ2n) is 7.13. The van der Waals surface area contributed by atoms with Gasteiger partial charge in [0.25, 0.3) is 5.91 Å². The molecular formula is C19H24BrN3O3S. The third-order valence-corrected chi connectivity index (χ3v) is 5.80. The summed E-state index contributed by atoms with van der Waals surface area (Å²) in [5, 5.41) is 2.85. The van der Waals surface area contributed by atoms with Gasteiger partial charge < -0.3 is 9.88 Å². The predicted octanol–water partition coefficient (Wildman–Crippen LogP) is 4.69. The summed E-state index contributed by atoms with van der Waals surface area (Å²) in [6, 6.07) is 7.33. The number of carbonyl (C=O) groups is 1. The molecule has 0 unspecified atom stereocenters. The van der Waals surface area contributed by atoms with Crippen molar-refractivity contribution in [3.63, 3.8) is 0 Å². The number of anilines is 2. The van der Waals surface area contributed by atoms with Gasteiger partial charge in [0.15, 0.2) is 0 Å². The van der Waals surface area contributed by atoms with Crippen LogP contribution in [0.4, 0.5) is 11.4 Å². The van der Waals surface area contributed by atoms with E-state index in [2.05, 4.69) is 30.5 Å². The van der Waals surface area contributed by atoms with Crippen molar-refractivity contribution in [1.29, 1.82) is 0 Å². The third kappa shape index (κ3) is 5.35. The smallest absolute Gasteiger partial charge is 0.257 e. The number of halogens is 1. The van der Waals surface area contributed by atoms with Crippen LogP contribution in [0.25, 0.3) is 0 Å². The Morgan fingerprint density at radius 1 is 1.11 bits per heavy atom. The molecule has 8 heteroatoms. The van der Waals surface area contributed by atoms with Crippen LogP contribution in [0.2, 0.25) is 0 Å². The molecule has 0 bridgehead atoms. The minimum absolute atomic E-state index is 0.212. The van der Waals surface area contributed by atoms with Crippen LogP contribution in [0.5, 0.6) is 0 Å². The summed E-state index contributed by atoms with van der Waals surface area (Å²) in [6.45, 7) is 2.03. The number of hydrogen-bond acceptors (Lipinski definition) is 3. The molecule has 1 aliphatic carbocycles. The van der Waals surface area contributed by atoms with Gasteiger partial charge in [0.1, 0.15) is 0 Å². The van der Waals surface area contributed by atoms with Crippen LogP contribution in [0.1, 0.15) is 54.2 Å². The van der Waals surface area contributed by atoms with Crippen molar-refractivity contribution >= 4 is 43.2 Å². The minimum atomic E-state index is -3.39. The van der Waals surface area contributed by atoms with Crippen molar-refractivity contribution in [1.82, 2.24) is 4.57 Å². The SMILES string of the molecule is Cc1cc(C(=O)Nc2cc(Br)cc(NS(C)(=O)=O)c2)cn1C1CCCCC1. The molecule has 1 fully saturated rings. The van der Waals surface area contributed by atoms with E-state index in [0.29, 0.717) is 27.5 Å². The maximum atomic E-state index is 12.7. The van der Waals surface area contributed by atoms with Crippen molar-refractivity contribution in [3.05, 3.63) is 46.2 Å². The zero-order valence-electron chi connectivity index (χ0n) is 15.5. The normalized spacial score (nSPS) is 15.5. The number of nitrogens with one attached hydrogen (secondary N) is 2. The van der Waals surface area contributed by atoms with Crippen LogP contribution < -0.4 is 10.0 Å². The molecule has 2 N–H and O–H groups in total. The molecule has 27 heavy (non-hydrogen) atoms. The molecule has 0 radical (unpaired) electrons. The largest absolute Gasteiger partial charge is 0.348 e. The van der Waals surface area contributed by atoms with E-state index in [1.165, 1.54) is 19.3 Å². The number of hydrogen-bond donors (Lipinski definition) is 2. The molecule has 1 heterocycles. The number of carbonyl (C=O) groups excluding carboxylic acids is 1. The maximum absolute atomic E-state index is 12.7. The molecule has 1 amide bonds. The fraction of sp³-hybridized carbons (Fsp3) is 0.421. The average molecular weight is 454 g/mol. The lowest BCUT2D eigenvalue weighted by Crippen LogP contribution is -2.14. The minimum Gasteiger partial charge on any atom is -0.348 e. The van der Waals surface area contributed by atoms with Gasteiger partial charge in [-0.3, -0.25) is 9.52 Å². The van der Waals surface area contributed by atoms with Crippen LogP contribution >= 0.6 is 15.9 Å². The monoisotopic (exact) mass is 453 g/mol. The summed E-state index contributed by atoms with van der Waals surface area (Å²) in [5.74, 6) is -0.212. The van der Waals surface area contributed by atoms with Gasteiger partial charge in [-0.05, 0) is 44.0 Å². The molecule has 0 atom stereocenters. The Morgan fingerprint density at radius 2 is 1.78 bits per heavy atom. The lowest BCUT2D eigenvalue weighted by Gasteiger charge is -2.24. The van der Waals surface area contributed by atoms with E-state index >= 15 is 0 Å². The molecule has 0 saturated heterocycles. The number of amides is 1. The Hall–Kier alpha value is -1.80. The molecule has 1 saturated carbocycles. The Balaban J connectivity index is 1.77. The lowest BCUT2D eigenvalue weighted by atomic mass is 9.95. The van der Waals surface area contributed by atoms with Gasteiger partial charge in [0, 0.05) is 28.1 Å². The zero-order valence-corrected chi connectivity index (χ0v) is 17.9. The van der Waals surface area contributed by atoms with Crippen LogP contribution in [-0.2, 0) is 10.0 Å². The fourth-order valence-electron chi connectivity index (χ4n) is 3.60. The molecule has 2 aromatic rings. The van der Waals surface area contributed by atoms with E-state index in [-0.39, 0.29) is 5.91 Å². The van der Waals surface area contributed by atoms with Crippen molar-refractivity contribution in [2.24, 2.45) is 0 Å². The van der Waals surface area contributed by atoms with Crippen LogP contribution in [0.15, 0.2) is 34.9 Å². The molecule has 1 aromatic heterocycles. The summed E-state index contributed by atoms with van der Waals surface area (Å²) in [5.41, 5.74) is 2.60. The van der Waals surface area contributed by atoms with Crippen LogP contribution in [0.3, 0.4) is 0 Å². The number of benzene rings is 1. The van der Waals surface area contributed by atoms with Gasteiger partial charge in [-0.2, -0.15) is 0 Å². The Kier molecular flexibility index (Phi) is 5.95. The highest BCUT2D eigenvalue weighted by molar-refractivity contribution is 9.10. The number of nitrogens with zero attached hydrogens (tertiary/aromatic N) is 1. The van der Waals surface area contributed by atoms with E-state index in [0.717, 1.165) is 24.8 Å². The highest BCUT2D eigenvalue weighted by Crippen LogP contribution is 2.30. The van der Waals surface area contributed by atoms with Crippen LogP contribution in [-0.4, -0.2) is 25.1 Å². The van der Waals surface area contributed by atoms with Gasteiger partial charge in [-0.1, -0.05) is 35.2 Å². The molecule has 3 rings (SSSR count). The third-order valence-electron chi connectivity index (χ3n) is 4.74. The maximum Gasteiger partial charge on any atom is 0.257 e. The first kappa shape index (κ1) is 19.9. The van der Waals surface area contributed by atoms with Crippen molar-refractivity contribution < 1.29 is 13.2 Å². The Morgan fingerprint density at radius 3 is 2.44 bits per heavy atom. The summed E-state index contributed by atoms with van der Waals surface area (Å²) in [4.78, 5) is 12.7. The Labute approximate surface area is 168 Å². The first-order valence-corrected chi connectivity index (χ1v) is 11.7. The summed E-state index contributed by atoms with van der Waals surface area (Å²) >= 11 is 3.34. The lowest BCUT2D eigenvalue weighted by molar-refractivity contribution is 0.102. The van der Waals surface area contributed by atoms with Gasteiger partial charge in [-0.25, -0.2) is 8.42 Å². The molecular weight excluding hydrogens is 430 g/mol. The summed E-state index contributed by atoms with van der Waals surface area (Å²) < 4.78 is 28.2. The average Bonchev–Trinajstić information content (AvgIpc) is 2.95. The molecule has 6 nitrogen and oxygen atoms in total. The number of rotatable bonds is 5. The number of aryl methyl sites for hydroxylation is 1. The van der Waals surface area contributed by atoms with Crippen molar-refractivity contribution in [2.75, 3.05) is 16.3 Å². The van der Waals surface area contributed by atoms with Gasteiger partial charge in [-0.15, -0.1) is 0 Å². The quantitative estimate of drug-likeness (QED) is 0.688. The second-order valence-corrected chi connectivity index (χ2v) is 9.79. The zero-order chi connectivity index (χ0) is 19.6. The van der Waals surface area contributed by atoms with Crippen molar-refractivity contribution in [3.8, 4) is 0 Å². The van der Waals surface area contributed by atoms with E-state index in [1.54, 1.807) is 18.2 Å². The molecule has 1 aliphatic rings. The molecule has 0 aliphatic heterocycles. The van der Waals surface area contributed by atoms with Crippen LogP contribution in [0, 0.1) is 6.92 Å². The first-order valence-electron chi connectivity index (χ1n) is 8.99. The Bertz CT molecular complexity index is 947. The number of aromatic nitrogens is 1. The highest BCUT2D eigenvalue weighted by atomic mass is 79.9. The molecule has 146 valence electrons. The van der Waals surface area contributed by atoms with Gasteiger partial charge in [0.05, 0.1) is 17.5 Å². The van der Waals surface area contributed by atoms with Crippen molar-refractivity contribution in [2.45, 2.75) is 45.1 Å².